The minimum absolute atomic E-state index is 0.0636. The highest BCUT2D eigenvalue weighted by Crippen LogP contribution is 2.27. The zero-order valence-corrected chi connectivity index (χ0v) is 25.4. The van der Waals surface area contributed by atoms with E-state index in [1.54, 1.807) is 42.5 Å². The molecule has 8 nitrogen and oxygen atoms in total. The molecule has 0 spiro atoms. The van der Waals surface area contributed by atoms with Crippen LogP contribution in [0.2, 0.25) is 0 Å². The number of carbonyl (C=O) groups is 2. The number of nitrogens with zero attached hydrogens (tertiary/aromatic N) is 2. The van der Waals surface area contributed by atoms with E-state index in [-0.39, 0.29) is 23.4 Å². The van der Waals surface area contributed by atoms with Crippen LogP contribution in [0.3, 0.4) is 0 Å². The Labute approximate surface area is 244 Å². The third kappa shape index (κ3) is 8.10. The average Bonchev–Trinajstić information content (AvgIpc) is 2.97. The Morgan fingerprint density at radius 2 is 1.51 bits per heavy atom. The summed E-state index contributed by atoms with van der Waals surface area (Å²) in [4.78, 5) is 29.1. The largest absolute Gasteiger partial charge is 0.494 e. The monoisotopic (exact) mass is 579 g/mol. The van der Waals surface area contributed by atoms with Crippen molar-refractivity contribution < 1.29 is 22.7 Å². The topological polar surface area (TPSA) is 96.0 Å². The Morgan fingerprint density at radius 3 is 2.10 bits per heavy atom. The lowest BCUT2D eigenvalue weighted by Crippen LogP contribution is -2.53. The summed E-state index contributed by atoms with van der Waals surface area (Å²) in [7, 11) is -4.12. The van der Waals surface area contributed by atoms with Gasteiger partial charge in [0.1, 0.15) is 18.3 Å². The van der Waals surface area contributed by atoms with Gasteiger partial charge in [-0.2, -0.15) is 0 Å². The molecule has 9 heteroatoms. The van der Waals surface area contributed by atoms with Crippen molar-refractivity contribution in [3.8, 4) is 5.75 Å². The quantitative estimate of drug-likeness (QED) is 0.279. The van der Waals surface area contributed by atoms with Crippen LogP contribution in [0.15, 0.2) is 83.8 Å². The van der Waals surface area contributed by atoms with E-state index in [0.29, 0.717) is 24.5 Å². The Kier molecular flexibility index (Phi) is 11.3. The molecule has 0 unspecified atom stereocenters. The van der Waals surface area contributed by atoms with Crippen LogP contribution in [0, 0.1) is 6.92 Å². The summed E-state index contributed by atoms with van der Waals surface area (Å²) in [5.41, 5.74) is 2.18. The number of carbonyl (C=O) groups excluding carboxylic acids is 2. The van der Waals surface area contributed by atoms with Crippen LogP contribution < -0.4 is 14.4 Å². The van der Waals surface area contributed by atoms with Gasteiger partial charge in [0, 0.05) is 12.6 Å². The van der Waals surface area contributed by atoms with Gasteiger partial charge in [-0.3, -0.25) is 13.9 Å². The maximum atomic E-state index is 14.2. The Bertz CT molecular complexity index is 1390. The molecular formula is C32H41N3O5S. The molecule has 0 saturated heterocycles. The molecule has 0 aliphatic carbocycles. The fourth-order valence-electron chi connectivity index (χ4n) is 4.46. The maximum absolute atomic E-state index is 14.2. The Balaban J connectivity index is 2.06. The second-order valence-corrected chi connectivity index (χ2v) is 11.8. The van der Waals surface area contributed by atoms with E-state index >= 15 is 0 Å². The van der Waals surface area contributed by atoms with Gasteiger partial charge in [-0.25, -0.2) is 8.42 Å². The molecule has 0 aliphatic heterocycles. The van der Waals surface area contributed by atoms with Gasteiger partial charge in [0.15, 0.2) is 0 Å². The highest BCUT2D eigenvalue weighted by molar-refractivity contribution is 7.92. The van der Waals surface area contributed by atoms with Crippen LogP contribution in [0.1, 0.15) is 51.7 Å². The van der Waals surface area contributed by atoms with Gasteiger partial charge >= 0.3 is 0 Å². The van der Waals surface area contributed by atoms with Crippen molar-refractivity contribution >= 4 is 27.5 Å². The summed E-state index contributed by atoms with van der Waals surface area (Å²) in [6.07, 6.45) is 1.11. The average molecular weight is 580 g/mol. The van der Waals surface area contributed by atoms with E-state index < -0.39 is 28.5 Å². The number of anilines is 1. The normalized spacial score (nSPS) is 12.7. The fraction of sp³-hybridized carbons (Fsp3) is 0.375. The van der Waals surface area contributed by atoms with Gasteiger partial charge in [0.2, 0.25) is 11.8 Å². The molecular weight excluding hydrogens is 538 g/mol. The molecule has 3 rings (SSSR count). The molecule has 3 aromatic carbocycles. The van der Waals surface area contributed by atoms with Crippen LogP contribution in [0.25, 0.3) is 0 Å². The molecule has 0 aromatic heterocycles. The van der Waals surface area contributed by atoms with Gasteiger partial charge in [-0.15, -0.1) is 0 Å². The predicted molar refractivity (Wildman–Crippen MR) is 162 cm³/mol. The summed E-state index contributed by atoms with van der Waals surface area (Å²) in [6, 6.07) is 21.4. The van der Waals surface area contributed by atoms with Crippen molar-refractivity contribution in [2.45, 2.75) is 71.0 Å². The minimum Gasteiger partial charge on any atom is -0.494 e. The second-order valence-electron chi connectivity index (χ2n) is 9.94. The molecule has 2 amide bonds. The number of amides is 2. The molecule has 0 heterocycles. The van der Waals surface area contributed by atoms with Crippen LogP contribution >= 0.6 is 0 Å². The zero-order valence-electron chi connectivity index (χ0n) is 24.5. The van der Waals surface area contributed by atoms with E-state index in [9.17, 15) is 18.0 Å². The van der Waals surface area contributed by atoms with Crippen molar-refractivity contribution in [1.29, 1.82) is 0 Å². The summed E-state index contributed by atoms with van der Waals surface area (Å²) < 4.78 is 34.5. The highest BCUT2D eigenvalue weighted by atomic mass is 32.2. The van der Waals surface area contributed by atoms with Crippen molar-refractivity contribution in [3.05, 3.63) is 90.0 Å². The summed E-state index contributed by atoms with van der Waals surface area (Å²) in [5.74, 6) is -0.149. The van der Waals surface area contributed by atoms with E-state index in [1.165, 1.54) is 17.0 Å². The van der Waals surface area contributed by atoms with Gasteiger partial charge in [-0.05, 0) is 81.1 Å². The Morgan fingerprint density at radius 1 is 0.878 bits per heavy atom. The number of ether oxygens (including phenoxy) is 1. The van der Waals surface area contributed by atoms with Crippen LogP contribution in [0.4, 0.5) is 5.69 Å². The SMILES string of the molecule is CCOc1ccc(N(CC(=O)N(Cc2ccccc2C)[C@H](CC)C(=O)N[C@H](C)CC)S(=O)(=O)c2ccccc2)cc1. The van der Waals surface area contributed by atoms with Gasteiger partial charge in [0.05, 0.1) is 17.2 Å². The first kappa shape index (κ1) is 31.7. The van der Waals surface area contributed by atoms with E-state index in [0.717, 1.165) is 21.9 Å². The Hall–Kier alpha value is -3.85. The van der Waals surface area contributed by atoms with Crippen LogP contribution in [-0.2, 0) is 26.2 Å². The van der Waals surface area contributed by atoms with Gasteiger partial charge in [0.25, 0.3) is 10.0 Å². The second kappa shape index (κ2) is 14.7. The lowest BCUT2D eigenvalue weighted by Gasteiger charge is -2.34. The van der Waals surface area contributed by atoms with Crippen molar-refractivity contribution in [2.24, 2.45) is 0 Å². The summed E-state index contributed by atoms with van der Waals surface area (Å²) in [5, 5.41) is 3.00. The molecule has 41 heavy (non-hydrogen) atoms. The lowest BCUT2D eigenvalue weighted by molar-refractivity contribution is -0.140. The van der Waals surface area contributed by atoms with Crippen molar-refractivity contribution in [2.75, 3.05) is 17.5 Å². The standard InChI is InChI=1S/C32H41N3O5S/c1-6-25(5)33-32(37)30(7-2)34(22-26-15-13-12-14-24(26)4)31(36)23-35(27-18-20-28(21-19-27)40-8-3)41(38,39)29-16-10-9-11-17-29/h9-21,25,30H,6-8,22-23H2,1-5H3,(H,33,37)/t25-,30-/m1/s1. The molecule has 0 aliphatic rings. The fourth-order valence-corrected chi connectivity index (χ4v) is 5.89. The number of hydrogen-bond acceptors (Lipinski definition) is 5. The predicted octanol–water partition coefficient (Wildman–Crippen LogP) is 5.31. The first-order chi connectivity index (χ1) is 19.6. The molecule has 1 N–H and O–H groups in total. The molecule has 0 radical (unpaired) electrons. The van der Waals surface area contributed by atoms with E-state index in [2.05, 4.69) is 5.32 Å². The molecule has 0 saturated carbocycles. The number of aryl methyl sites for hydroxylation is 1. The van der Waals surface area contributed by atoms with Crippen molar-refractivity contribution in [3.63, 3.8) is 0 Å². The highest BCUT2D eigenvalue weighted by Gasteiger charge is 2.34. The first-order valence-corrected chi connectivity index (χ1v) is 15.5. The lowest BCUT2D eigenvalue weighted by atomic mass is 10.1. The molecule has 0 fully saturated rings. The van der Waals surface area contributed by atoms with Crippen LogP contribution in [-0.4, -0.2) is 50.4 Å². The number of benzene rings is 3. The minimum atomic E-state index is -4.12. The molecule has 220 valence electrons. The third-order valence-electron chi connectivity index (χ3n) is 7.03. The summed E-state index contributed by atoms with van der Waals surface area (Å²) in [6.45, 7) is 9.71. The van der Waals surface area contributed by atoms with Gasteiger partial charge in [-0.1, -0.05) is 56.3 Å². The number of hydrogen-bond donors (Lipinski definition) is 1. The van der Waals surface area contributed by atoms with Crippen molar-refractivity contribution in [1.82, 2.24) is 10.2 Å². The van der Waals surface area contributed by atoms with E-state index in [4.69, 9.17) is 4.74 Å². The maximum Gasteiger partial charge on any atom is 0.264 e. The first-order valence-electron chi connectivity index (χ1n) is 14.1. The smallest absolute Gasteiger partial charge is 0.264 e. The molecule has 0 bridgehead atoms. The molecule has 3 aromatic rings. The zero-order chi connectivity index (χ0) is 30.0. The number of sulfonamides is 1. The van der Waals surface area contributed by atoms with Crippen LogP contribution in [0.5, 0.6) is 5.75 Å². The third-order valence-corrected chi connectivity index (χ3v) is 8.82. The number of rotatable bonds is 14. The van der Waals surface area contributed by atoms with Gasteiger partial charge < -0.3 is 15.0 Å². The summed E-state index contributed by atoms with van der Waals surface area (Å²) >= 11 is 0. The molecule has 2 atom stereocenters. The number of nitrogens with one attached hydrogen (secondary N) is 1. The van der Waals surface area contributed by atoms with E-state index in [1.807, 2.05) is 58.9 Å².